The predicted molar refractivity (Wildman–Crippen MR) is 224 cm³/mol. The standard InChI is InChI=1S/C46H58O15S/c1-26(29-14-9-7-10-15-29)37(59-34(49)24-56-20-19-55-18-13-21-62)42(53)58-31-23-46(54)40(60-41(52)30-16-11-8-12-17-30)38-44(6,39(51)36(50)35(27(31)2)43(46,4)5)32(48)22-33-45(38,25-57-33)61-28(3)47/h7-12,14-17,26,31-33,36-38,40,48,50,54,62H,13,18-25H2,1-6H3/t26-,31-,32-,33+,36+,37+,38-,40?,44+,45-,46?/m0/s1. The van der Waals surface area contributed by atoms with Gasteiger partial charge in [0.15, 0.2) is 11.4 Å². The van der Waals surface area contributed by atoms with Gasteiger partial charge in [-0.15, -0.1) is 0 Å². The molecule has 2 saturated carbocycles. The van der Waals surface area contributed by atoms with Crippen LogP contribution in [0.25, 0.3) is 0 Å². The summed E-state index contributed by atoms with van der Waals surface area (Å²) in [5.74, 6) is -6.00. The normalized spacial score (nSPS) is 32.1. The second kappa shape index (κ2) is 18.9. The van der Waals surface area contributed by atoms with Gasteiger partial charge in [0.05, 0.1) is 42.8 Å². The monoisotopic (exact) mass is 882 g/mol. The van der Waals surface area contributed by atoms with Gasteiger partial charge in [0.25, 0.3) is 0 Å². The summed E-state index contributed by atoms with van der Waals surface area (Å²) in [4.78, 5) is 69.9. The molecule has 2 unspecified atom stereocenters. The molecule has 15 nitrogen and oxygen atoms in total. The van der Waals surface area contributed by atoms with Crippen molar-refractivity contribution in [3.63, 3.8) is 0 Å². The van der Waals surface area contributed by atoms with E-state index in [0.29, 0.717) is 17.9 Å². The number of esters is 4. The third-order valence-electron chi connectivity index (χ3n) is 13.5. The van der Waals surface area contributed by atoms with Crippen LogP contribution in [-0.4, -0.2) is 132 Å². The molecule has 0 spiro atoms. The number of carbonyl (C=O) groups is 5. The smallest absolute Gasteiger partial charge is 0.348 e. The molecule has 2 aromatic rings. The van der Waals surface area contributed by atoms with Crippen LogP contribution in [0.3, 0.4) is 0 Å². The van der Waals surface area contributed by atoms with Crippen LogP contribution in [0.2, 0.25) is 0 Å². The first-order chi connectivity index (χ1) is 29.3. The van der Waals surface area contributed by atoms with Crippen LogP contribution in [-0.2, 0) is 52.3 Å². The molecule has 3 fully saturated rings. The Labute approximate surface area is 366 Å². The summed E-state index contributed by atoms with van der Waals surface area (Å²) in [7, 11) is 0. The number of aliphatic hydroxyl groups is 3. The van der Waals surface area contributed by atoms with E-state index in [1.165, 1.54) is 26.0 Å². The molecule has 0 radical (unpaired) electrons. The molecule has 0 aromatic heterocycles. The second-order valence-corrected chi connectivity index (χ2v) is 17.9. The molecular weight excluding hydrogens is 825 g/mol. The minimum atomic E-state index is -2.32. The number of thiol groups is 1. The molecule has 1 saturated heterocycles. The lowest BCUT2D eigenvalue weighted by molar-refractivity contribution is -0.346. The average Bonchev–Trinajstić information content (AvgIpc) is 3.24. The van der Waals surface area contributed by atoms with E-state index < -0.39 is 113 Å². The van der Waals surface area contributed by atoms with Crippen molar-refractivity contribution < 1.29 is 72.5 Å². The number of hydrogen-bond acceptors (Lipinski definition) is 16. The van der Waals surface area contributed by atoms with Crippen LogP contribution < -0.4 is 0 Å². The highest BCUT2D eigenvalue weighted by Gasteiger charge is 2.78. The Morgan fingerprint density at radius 2 is 1.58 bits per heavy atom. The Hall–Kier alpha value is -4.16. The van der Waals surface area contributed by atoms with E-state index in [1.54, 1.807) is 76.2 Å². The Morgan fingerprint density at radius 3 is 2.19 bits per heavy atom. The summed E-state index contributed by atoms with van der Waals surface area (Å²) in [6.45, 7) is 8.99. The Morgan fingerprint density at radius 1 is 0.935 bits per heavy atom. The first-order valence-electron chi connectivity index (χ1n) is 21.0. The number of aliphatic hydroxyl groups excluding tert-OH is 2. The number of carbonyl (C=O) groups excluding carboxylic acids is 5. The molecular formula is C46H58O15S. The lowest BCUT2D eigenvalue weighted by Crippen LogP contribution is -2.81. The maximum Gasteiger partial charge on any atom is 0.348 e. The summed E-state index contributed by atoms with van der Waals surface area (Å²) >= 11 is 4.15. The predicted octanol–water partition coefficient (Wildman–Crippen LogP) is 3.70. The maximum atomic E-state index is 15.1. The van der Waals surface area contributed by atoms with E-state index in [0.717, 1.165) is 6.42 Å². The molecule has 16 heteroatoms. The Bertz CT molecular complexity index is 2010. The van der Waals surface area contributed by atoms with E-state index in [4.69, 9.17) is 33.2 Å². The number of fused-ring (bicyclic) bond motifs is 5. The van der Waals surface area contributed by atoms with Gasteiger partial charge >= 0.3 is 23.9 Å². The zero-order valence-corrected chi connectivity index (χ0v) is 36.8. The number of ether oxygens (including phenoxy) is 7. The van der Waals surface area contributed by atoms with Crippen LogP contribution in [0.15, 0.2) is 71.8 Å². The minimum Gasteiger partial charge on any atom is -0.455 e. The first-order valence-corrected chi connectivity index (χ1v) is 21.6. The molecule has 1 aliphatic heterocycles. The number of rotatable bonds is 16. The summed E-state index contributed by atoms with van der Waals surface area (Å²) in [5, 5.41) is 37.7. The lowest BCUT2D eigenvalue weighted by Gasteiger charge is -2.67. The van der Waals surface area contributed by atoms with Gasteiger partial charge in [0.1, 0.15) is 36.6 Å². The van der Waals surface area contributed by atoms with E-state index in [-0.39, 0.29) is 43.0 Å². The number of hydrogen-bond donors (Lipinski definition) is 4. The zero-order valence-electron chi connectivity index (χ0n) is 35.9. The van der Waals surface area contributed by atoms with Crippen molar-refractivity contribution in [3.8, 4) is 0 Å². The molecule has 2 aromatic carbocycles. The Kier molecular flexibility index (Phi) is 14.4. The van der Waals surface area contributed by atoms with E-state index in [2.05, 4.69) is 12.6 Å². The van der Waals surface area contributed by atoms with Crippen molar-refractivity contribution >= 4 is 42.3 Å². The average molecular weight is 883 g/mol. The molecule has 11 atom stereocenters. The van der Waals surface area contributed by atoms with Crippen LogP contribution in [0, 0.1) is 16.7 Å². The van der Waals surface area contributed by atoms with Crippen molar-refractivity contribution in [1.29, 1.82) is 0 Å². The van der Waals surface area contributed by atoms with E-state index >= 15 is 4.79 Å². The summed E-state index contributed by atoms with van der Waals surface area (Å²) in [5.41, 5.74) is -6.73. The molecule has 3 aliphatic carbocycles. The topological polar surface area (TPSA) is 211 Å². The van der Waals surface area contributed by atoms with Crippen LogP contribution in [0.5, 0.6) is 0 Å². The molecule has 0 amide bonds. The van der Waals surface area contributed by atoms with Gasteiger partial charge in [0, 0.05) is 37.7 Å². The molecule has 338 valence electrons. The van der Waals surface area contributed by atoms with Gasteiger partial charge in [-0.25, -0.2) is 14.4 Å². The molecule has 6 rings (SSSR count). The maximum absolute atomic E-state index is 15.1. The third kappa shape index (κ3) is 8.59. The molecule has 2 bridgehead atoms. The highest BCUT2D eigenvalue weighted by Crippen LogP contribution is 2.64. The van der Waals surface area contributed by atoms with E-state index in [1.807, 2.05) is 0 Å². The fourth-order valence-corrected chi connectivity index (χ4v) is 10.1. The largest absolute Gasteiger partial charge is 0.455 e. The van der Waals surface area contributed by atoms with E-state index in [9.17, 15) is 34.5 Å². The molecule has 3 N–H and O–H groups in total. The summed E-state index contributed by atoms with van der Waals surface area (Å²) < 4.78 is 41.2. The van der Waals surface area contributed by atoms with Crippen molar-refractivity contribution in [2.24, 2.45) is 16.7 Å². The molecule has 4 aliphatic rings. The minimum absolute atomic E-state index is 0.0233. The number of Topliss-reactive ketones (excluding diaryl/α,β-unsaturated/α-hetero) is 1. The van der Waals surface area contributed by atoms with Gasteiger partial charge in [-0.1, -0.05) is 69.3 Å². The third-order valence-corrected chi connectivity index (χ3v) is 13.8. The highest BCUT2D eigenvalue weighted by molar-refractivity contribution is 7.80. The van der Waals surface area contributed by atoms with Crippen molar-refractivity contribution in [2.75, 3.05) is 38.8 Å². The van der Waals surface area contributed by atoms with Crippen molar-refractivity contribution in [3.05, 3.63) is 82.9 Å². The van der Waals surface area contributed by atoms with Gasteiger partial charge in [-0.05, 0) is 54.9 Å². The zero-order chi connectivity index (χ0) is 45.2. The van der Waals surface area contributed by atoms with Gasteiger partial charge in [-0.3, -0.25) is 9.59 Å². The van der Waals surface area contributed by atoms with Gasteiger partial charge in [0.2, 0.25) is 6.10 Å². The highest BCUT2D eigenvalue weighted by atomic mass is 32.1. The van der Waals surface area contributed by atoms with Crippen LogP contribution in [0.1, 0.15) is 82.6 Å². The van der Waals surface area contributed by atoms with Crippen LogP contribution in [0.4, 0.5) is 0 Å². The fourth-order valence-electron chi connectivity index (χ4n) is 9.98. The van der Waals surface area contributed by atoms with Crippen molar-refractivity contribution in [2.45, 2.75) is 115 Å². The number of benzene rings is 2. The summed E-state index contributed by atoms with van der Waals surface area (Å²) in [6, 6.07) is 16.8. The van der Waals surface area contributed by atoms with Crippen molar-refractivity contribution in [1.82, 2.24) is 0 Å². The second-order valence-electron chi connectivity index (χ2n) is 17.4. The quantitative estimate of drug-likeness (QED) is 0.0623. The fraction of sp³-hybridized carbons (Fsp3) is 0.587. The van der Waals surface area contributed by atoms with Gasteiger partial charge < -0.3 is 48.5 Å². The Balaban J connectivity index is 1.42. The SMILES string of the molecule is CC(=O)O[C@@]12CO[C@@H]1C[C@H](O)[C@@]1(C)C(=O)[C@H](O)C3=C(C)[C@@H](OC(=O)[C@H](OC(=O)COCCOCCCS)[C@@H](C)c4ccccc4)CC(O)(C(OC(=O)c4ccccc4)[C@H]21)C3(C)C. The summed E-state index contributed by atoms with van der Waals surface area (Å²) in [6.07, 6.45) is -9.10. The molecule has 62 heavy (non-hydrogen) atoms. The lowest BCUT2D eigenvalue weighted by atomic mass is 9.44. The van der Waals surface area contributed by atoms with Gasteiger partial charge in [-0.2, -0.15) is 12.6 Å². The molecule has 1 heterocycles. The first kappa shape index (κ1) is 47.3. The number of ketones is 1. The van der Waals surface area contributed by atoms with Crippen LogP contribution >= 0.6 is 12.6 Å².